The van der Waals surface area contributed by atoms with Gasteiger partial charge in [-0.05, 0) is 62.9 Å². The molecule has 0 radical (unpaired) electrons. The van der Waals surface area contributed by atoms with Gasteiger partial charge in [-0.3, -0.25) is 9.59 Å². The van der Waals surface area contributed by atoms with Crippen molar-refractivity contribution < 1.29 is 13.2 Å². The number of rotatable bonds is 5. The van der Waals surface area contributed by atoms with Crippen LogP contribution in [0.4, 0.5) is 5.69 Å². The number of amides is 1. The molecule has 0 spiro atoms. The van der Waals surface area contributed by atoms with Crippen LogP contribution in [-0.4, -0.2) is 41.4 Å². The maximum absolute atomic E-state index is 13.4. The van der Waals surface area contributed by atoms with E-state index >= 15 is 0 Å². The minimum atomic E-state index is -3.86. The summed E-state index contributed by atoms with van der Waals surface area (Å²) < 4.78 is 28.1. The van der Waals surface area contributed by atoms with Crippen molar-refractivity contribution in [2.45, 2.75) is 43.9 Å². The van der Waals surface area contributed by atoms with Crippen LogP contribution in [0.5, 0.6) is 0 Å². The summed E-state index contributed by atoms with van der Waals surface area (Å²) in [6.45, 7) is 6.14. The van der Waals surface area contributed by atoms with Crippen molar-refractivity contribution in [1.82, 2.24) is 14.5 Å². The molecule has 4 rings (SSSR count). The van der Waals surface area contributed by atoms with E-state index in [9.17, 15) is 18.0 Å². The summed E-state index contributed by atoms with van der Waals surface area (Å²) in [5.41, 5.74) is 3.88. The van der Waals surface area contributed by atoms with Gasteiger partial charge in [-0.2, -0.15) is 9.40 Å². The maximum atomic E-state index is 13.4. The lowest BCUT2D eigenvalue weighted by Crippen LogP contribution is -2.43. The third-order valence-corrected chi connectivity index (χ3v) is 8.99. The summed E-state index contributed by atoms with van der Waals surface area (Å²) in [5.74, 6) is -0.319. The minimum absolute atomic E-state index is 0.142. The van der Waals surface area contributed by atoms with Crippen LogP contribution in [0.1, 0.15) is 29.5 Å². The van der Waals surface area contributed by atoms with Crippen molar-refractivity contribution in [3.05, 3.63) is 63.4 Å². The monoisotopic (exact) mass is 472 g/mol. The lowest BCUT2D eigenvalue weighted by molar-refractivity contribution is -0.119. The number of aromatic nitrogens is 2. The molecule has 8 nitrogen and oxygen atoms in total. The molecular weight excluding hydrogens is 448 g/mol. The van der Waals surface area contributed by atoms with E-state index in [1.165, 1.54) is 16.4 Å². The number of nitrogens with one attached hydrogen (secondary N) is 2. The third-order valence-electron chi connectivity index (χ3n) is 5.51. The highest BCUT2D eigenvalue weighted by Crippen LogP contribution is 2.34. The first-order valence-corrected chi connectivity index (χ1v) is 12.5. The highest BCUT2D eigenvalue weighted by molar-refractivity contribution is 7.91. The molecule has 168 valence electrons. The number of nitrogens with zero attached hydrogens (tertiary/aromatic N) is 2. The van der Waals surface area contributed by atoms with Crippen LogP contribution in [0.15, 0.2) is 45.4 Å². The third kappa shape index (κ3) is 4.25. The molecule has 2 N–H and O–H groups in total. The number of anilines is 1. The molecule has 1 aliphatic rings. The molecule has 10 heteroatoms. The van der Waals surface area contributed by atoms with Crippen molar-refractivity contribution in [1.29, 1.82) is 0 Å². The molecule has 0 bridgehead atoms. The van der Waals surface area contributed by atoms with Crippen molar-refractivity contribution >= 4 is 33.0 Å². The standard InChI is InChI=1S/C22H24N4O4S2/c1-13-11-14(2)21(15(3)12-13)23-22(28)17-5-4-10-26(17)32(29,30)20-9-7-18(31-20)16-6-8-19(27)25-24-16/h6-9,11-12,17H,4-5,10H2,1-3H3,(H,23,28)(H,25,27). The Morgan fingerprint density at radius 3 is 2.53 bits per heavy atom. The topological polar surface area (TPSA) is 112 Å². The number of carbonyl (C=O) groups excluding carboxylic acids is 1. The number of hydrogen-bond donors (Lipinski definition) is 2. The number of aryl methyl sites for hydroxylation is 3. The van der Waals surface area contributed by atoms with Gasteiger partial charge in [0.15, 0.2) is 0 Å². The average Bonchev–Trinajstić information content (AvgIpc) is 3.41. The van der Waals surface area contributed by atoms with Gasteiger partial charge in [0.2, 0.25) is 5.91 Å². The molecule has 1 amide bonds. The SMILES string of the molecule is Cc1cc(C)c(NC(=O)C2CCCN2S(=O)(=O)c2ccc(-c3ccc(=O)[nH]n3)s2)c(C)c1. The summed E-state index contributed by atoms with van der Waals surface area (Å²) >= 11 is 1.06. The van der Waals surface area contributed by atoms with Gasteiger partial charge in [0.1, 0.15) is 15.9 Å². The second-order valence-electron chi connectivity index (χ2n) is 7.96. The number of carbonyl (C=O) groups is 1. The highest BCUT2D eigenvalue weighted by atomic mass is 32.2. The number of benzene rings is 1. The summed E-state index contributed by atoms with van der Waals surface area (Å²) in [4.78, 5) is 24.9. The van der Waals surface area contributed by atoms with E-state index in [1.54, 1.807) is 12.1 Å². The van der Waals surface area contributed by atoms with Crippen LogP contribution < -0.4 is 10.9 Å². The molecule has 1 atom stereocenters. The second kappa shape index (κ2) is 8.61. The second-order valence-corrected chi connectivity index (χ2v) is 11.2. The molecule has 32 heavy (non-hydrogen) atoms. The molecule has 1 aromatic carbocycles. The van der Waals surface area contributed by atoms with Gasteiger partial charge in [-0.15, -0.1) is 11.3 Å². The van der Waals surface area contributed by atoms with Crippen LogP contribution in [0.25, 0.3) is 10.6 Å². The van der Waals surface area contributed by atoms with E-state index < -0.39 is 16.1 Å². The number of hydrogen-bond acceptors (Lipinski definition) is 6. The first kappa shape index (κ1) is 22.4. The Balaban J connectivity index is 1.58. The van der Waals surface area contributed by atoms with Crippen LogP contribution in [0, 0.1) is 20.8 Å². The lowest BCUT2D eigenvalue weighted by Gasteiger charge is -2.23. The molecule has 3 aromatic rings. The minimum Gasteiger partial charge on any atom is -0.324 e. The van der Waals surface area contributed by atoms with E-state index in [0.29, 0.717) is 23.4 Å². The van der Waals surface area contributed by atoms with E-state index in [4.69, 9.17) is 0 Å². The fourth-order valence-electron chi connectivity index (χ4n) is 4.07. The fraction of sp³-hybridized carbons (Fsp3) is 0.318. The predicted molar refractivity (Wildman–Crippen MR) is 124 cm³/mol. The first-order valence-electron chi connectivity index (χ1n) is 10.2. The fourth-order valence-corrected chi connectivity index (χ4v) is 7.13. The molecule has 1 aliphatic heterocycles. The van der Waals surface area contributed by atoms with Crippen molar-refractivity contribution in [3.8, 4) is 10.6 Å². The Labute approximate surface area is 190 Å². The number of H-pyrrole nitrogens is 1. The Bertz CT molecular complexity index is 1300. The van der Waals surface area contributed by atoms with Crippen LogP contribution in [-0.2, 0) is 14.8 Å². The van der Waals surface area contributed by atoms with Crippen LogP contribution >= 0.6 is 11.3 Å². The number of aromatic amines is 1. The Kier molecular flexibility index (Phi) is 6.02. The molecule has 0 aliphatic carbocycles. The molecule has 2 aromatic heterocycles. The van der Waals surface area contributed by atoms with Gasteiger partial charge >= 0.3 is 0 Å². The van der Waals surface area contributed by atoms with Crippen LogP contribution in [0.2, 0.25) is 0 Å². The molecule has 3 heterocycles. The zero-order valence-corrected chi connectivity index (χ0v) is 19.6. The van der Waals surface area contributed by atoms with Gasteiger partial charge in [-0.25, -0.2) is 13.5 Å². The molecule has 0 saturated carbocycles. The smallest absolute Gasteiger partial charge is 0.264 e. The molecule has 1 fully saturated rings. The highest BCUT2D eigenvalue weighted by Gasteiger charge is 2.40. The zero-order valence-electron chi connectivity index (χ0n) is 18.0. The van der Waals surface area contributed by atoms with Gasteiger partial charge in [-0.1, -0.05) is 17.7 Å². The van der Waals surface area contributed by atoms with Crippen molar-refractivity contribution in [2.75, 3.05) is 11.9 Å². The van der Waals surface area contributed by atoms with Crippen molar-refractivity contribution in [2.24, 2.45) is 0 Å². The number of thiophene rings is 1. The molecule has 1 unspecified atom stereocenters. The lowest BCUT2D eigenvalue weighted by atomic mass is 10.0. The maximum Gasteiger partial charge on any atom is 0.264 e. The quantitative estimate of drug-likeness (QED) is 0.592. The molecular formula is C22H24N4O4S2. The van der Waals surface area contributed by atoms with Crippen molar-refractivity contribution in [3.63, 3.8) is 0 Å². The Hall–Kier alpha value is -2.82. The van der Waals surface area contributed by atoms with E-state index in [1.807, 2.05) is 32.9 Å². The Morgan fingerprint density at radius 2 is 1.88 bits per heavy atom. The summed E-state index contributed by atoms with van der Waals surface area (Å²) in [6.07, 6.45) is 1.08. The van der Waals surface area contributed by atoms with Gasteiger partial charge in [0.25, 0.3) is 15.6 Å². The van der Waals surface area contributed by atoms with E-state index in [-0.39, 0.29) is 22.2 Å². The van der Waals surface area contributed by atoms with E-state index in [0.717, 1.165) is 33.7 Å². The van der Waals surface area contributed by atoms with E-state index in [2.05, 4.69) is 15.5 Å². The largest absolute Gasteiger partial charge is 0.324 e. The van der Waals surface area contributed by atoms with Gasteiger partial charge in [0.05, 0.1) is 4.88 Å². The predicted octanol–water partition coefficient (Wildman–Crippen LogP) is 3.22. The molecule has 1 saturated heterocycles. The number of sulfonamides is 1. The van der Waals surface area contributed by atoms with Gasteiger partial charge < -0.3 is 5.32 Å². The normalized spacial score (nSPS) is 16.9. The van der Waals surface area contributed by atoms with Gasteiger partial charge in [0, 0.05) is 18.3 Å². The summed E-state index contributed by atoms with van der Waals surface area (Å²) in [5, 5.41) is 9.25. The first-order chi connectivity index (χ1) is 15.2. The van der Waals surface area contributed by atoms with Crippen LogP contribution in [0.3, 0.4) is 0 Å². The summed E-state index contributed by atoms with van der Waals surface area (Å²) in [6, 6.07) is 9.27. The average molecular weight is 473 g/mol. The summed E-state index contributed by atoms with van der Waals surface area (Å²) in [7, 11) is -3.86. The zero-order chi connectivity index (χ0) is 23.0. The Morgan fingerprint density at radius 1 is 1.16 bits per heavy atom.